The Morgan fingerprint density at radius 3 is 2.81 bits per heavy atom. The molecule has 3 atom stereocenters. The van der Waals surface area contributed by atoms with Gasteiger partial charge in [0.1, 0.15) is 0 Å². The quantitative estimate of drug-likeness (QED) is 0.362. The van der Waals surface area contributed by atoms with Crippen molar-refractivity contribution in [2.24, 2.45) is 11.8 Å². The molecule has 1 amide bonds. The van der Waals surface area contributed by atoms with Crippen LogP contribution in [0.5, 0.6) is 0 Å². The summed E-state index contributed by atoms with van der Waals surface area (Å²) in [6.45, 7) is 5.72. The van der Waals surface area contributed by atoms with Gasteiger partial charge in [0.2, 0.25) is 0 Å². The zero-order chi connectivity index (χ0) is 22.5. The van der Waals surface area contributed by atoms with Gasteiger partial charge in [-0.2, -0.15) is 0 Å². The summed E-state index contributed by atoms with van der Waals surface area (Å²) < 4.78 is 5.91. The number of non-ortho nitro benzene ring substituents is 1. The first-order chi connectivity index (χ1) is 14.7. The maximum Gasteiger partial charge on any atom is 0.340 e. The van der Waals surface area contributed by atoms with E-state index >= 15 is 0 Å². The van der Waals surface area contributed by atoms with E-state index in [0.717, 1.165) is 25.0 Å². The molecule has 31 heavy (non-hydrogen) atoms. The summed E-state index contributed by atoms with van der Waals surface area (Å²) in [7, 11) is 0. The number of nitrogens with one attached hydrogen (secondary N) is 1. The molecule has 1 heterocycles. The summed E-state index contributed by atoms with van der Waals surface area (Å²) >= 11 is 2.65. The van der Waals surface area contributed by atoms with Crippen LogP contribution in [0.25, 0.3) is 0 Å². The molecule has 10 heteroatoms. The largest absolute Gasteiger partial charge is 0.452 e. The topological polar surface area (TPSA) is 111 Å². The highest BCUT2D eigenvalue weighted by Crippen LogP contribution is 2.35. The first-order valence-electron chi connectivity index (χ1n) is 10.1. The highest BCUT2D eigenvalue weighted by molar-refractivity contribution is 8.01. The van der Waals surface area contributed by atoms with Crippen molar-refractivity contribution in [3.63, 3.8) is 0 Å². The van der Waals surface area contributed by atoms with Crippen molar-refractivity contribution in [3.8, 4) is 0 Å². The van der Waals surface area contributed by atoms with Crippen LogP contribution in [-0.2, 0) is 9.53 Å². The van der Waals surface area contributed by atoms with Crippen LogP contribution < -0.4 is 5.32 Å². The first kappa shape index (κ1) is 23.2. The number of thiazole rings is 1. The molecule has 2 aromatic rings. The Hall–Kier alpha value is -2.46. The predicted molar refractivity (Wildman–Crippen MR) is 118 cm³/mol. The Balaban J connectivity index is 1.68. The second kappa shape index (κ2) is 10.2. The lowest BCUT2D eigenvalue weighted by atomic mass is 9.78. The predicted octanol–water partition coefficient (Wildman–Crippen LogP) is 4.61. The molecule has 1 N–H and O–H groups in total. The van der Waals surface area contributed by atoms with E-state index in [1.165, 1.54) is 41.3 Å². The Kier molecular flexibility index (Phi) is 7.66. The van der Waals surface area contributed by atoms with Gasteiger partial charge >= 0.3 is 5.97 Å². The van der Waals surface area contributed by atoms with Crippen molar-refractivity contribution in [1.29, 1.82) is 0 Å². The number of nitro groups is 1. The van der Waals surface area contributed by atoms with E-state index in [9.17, 15) is 19.7 Å². The summed E-state index contributed by atoms with van der Waals surface area (Å²) in [4.78, 5) is 40.5. The van der Waals surface area contributed by atoms with Crippen LogP contribution in [0.3, 0.4) is 0 Å². The zero-order valence-electron chi connectivity index (χ0n) is 17.6. The van der Waals surface area contributed by atoms with Gasteiger partial charge in [-0.25, -0.2) is 9.78 Å². The molecule has 1 aliphatic rings. The molecule has 0 spiro atoms. The molecule has 0 aliphatic heterocycles. The summed E-state index contributed by atoms with van der Waals surface area (Å²) in [6.07, 6.45) is 3.11. The highest BCUT2D eigenvalue weighted by atomic mass is 32.2. The van der Waals surface area contributed by atoms with Gasteiger partial charge < -0.3 is 10.1 Å². The molecular weight excluding hydrogens is 438 g/mol. The number of esters is 1. The maximum atomic E-state index is 12.7. The molecular formula is C21H25N3O5S2. The van der Waals surface area contributed by atoms with Crippen molar-refractivity contribution in [1.82, 2.24) is 10.3 Å². The number of benzene rings is 1. The molecule has 1 fully saturated rings. The standard InChI is InChI=1S/C21H25N3O5S2/c1-12-5-4-6-17(14(12)3)23-19(25)10-29-20(26)16-9-15(24(27)28)7-8-18(16)31-21-22-13(2)11-30-21/h7-9,11-12,14,17H,4-6,10H2,1-3H3,(H,23,25)/t12-,14-,17+/m0/s1. The molecule has 1 aliphatic carbocycles. The third-order valence-electron chi connectivity index (χ3n) is 5.58. The second-order valence-electron chi connectivity index (χ2n) is 7.81. The molecule has 3 rings (SSSR count). The highest BCUT2D eigenvalue weighted by Gasteiger charge is 2.28. The van der Waals surface area contributed by atoms with Crippen LogP contribution >= 0.6 is 23.1 Å². The van der Waals surface area contributed by atoms with E-state index in [2.05, 4.69) is 24.1 Å². The Morgan fingerprint density at radius 1 is 1.35 bits per heavy atom. The van der Waals surface area contributed by atoms with Crippen LogP contribution in [0.4, 0.5) is 5.69 Å². The van der Waals surface area contributed by atoms with Gasteiger partial charge in [-0.1, -0.05) is 38.5 Å². The van der Waals surface area contributed by atoms with Crippen molar-refractivity contribution >= 4 is 40.7 Å². The van der Waals surface area contributed by atoms with Gasteiger partial charge in [-0.3, -0.25) is 14.9 Å². The van der Waals surface area contributed by atoms with Crippen LogP contribution in [-0.4, -0.2) is 34.4 Å². The fourth-order valence-corrected chi connectivity index (χ4v) is 5.49. The molecule has 1 aromatic carbocycles. The minimum atomic E-state index is -0.778. The smallest absolute Gasteiger partial charge is 0.340 e. The minimum Gasteiger partial charge on any atom is -0.452 e. The molecule has 0 bridgehead atoms. The van der Waals surface area contributed by atoms with E-state index in [0.29, 0.717) is 21.1 Å². The molecule has 166 valence electrons. The van der Waals surface area contributed by atoms with Gasteiger partial charge in [-0.05, 0) is 31.2 Å². The number of nitrogens with zero attached hydrogens (tertiary/aromatic N) is 2. The van der Waals surface area contributed by atoms with Crippen LogP contribution in [0, 0.1) is 28.9 Å². The van der Waals surface area contributed by atoms with Gasteiger partial charge in [-0.15, -0.1) is 11.3 Å². The number of carbonyl (C=O) groups is 2. The fourth-order valence-electron chi connectivity index (χ4n) is 3.60. The lowest BCUT2D eigenvalue weighted by Crippen LogP contribution is -2.45. The van der Waals surface area contributed by atoms with E-state index in [4.69, 9.17) is 4.74 Å². The minimum absolute atomic E-state index is 0.0412. The van der Waals surface area contributed by atoms with Crippen molar-refractivity contribution in [2.75, 3.05) is 6.61 Å². The number of aromatic nitrogens is 1. The lowest BCUT2D eigenvalue weighted by Gasteiger charge is -2.34. The zero-order valence-corrected chi connectivity index (χ0v) is 19.3. The first-order valence-corrected chi connectivity index (χ1v) is 11.8. The number of ether oxygens (including phenoxy) is 1. The third-order valence-corrected chi connectivity index (χ3v) is 7.71. The van der Waals surface area contributed by atoms with Crippen molar-refractivity contribution in [3.05, 3.63) is 45.0 Å². The van der Waals surface area contributed by atoms with E-state index in [1.807, 2.05) is 12.3 Å². The molecule has 1 saturated carbocycles. The Morgan fingerprint density at radius 2 is 2.13 bits per heavy atom. The number of amides is 1. The molecule has 0 radical (unpaired) electrons. The van der Waals surface area contributed by atoms with Gasteiger partial charge in [0.15, 0.2) is 10.9 Å². The van der Waals surface area contributed by atoms with Gasteiger partial charge in [0.05, 0.1) is 10.5 Å². The summed E-state index contributed by atoms with van der Waals surface area (Å²) in [6, 6.07) is 4.07. The fraction of sp³-hybridized carbons (Fsp3) is 0.476. The molecule has 0 saturated heterocycles. The number of rotatable bonds is 7. The van der Waals surface area contributed by atoms with E-state index < -0.39 is 17.5 Å². The molecule has 0 unspecified atom stereocenters. The number of aryl methyl sites for hydroxylation is 1. The summed E-state index contributed by atoms with van der Waals surface area (Å²) in [5.74, 6) is -0.260. The Labute approximate surface area is 188 Å². The van der Waals surface area contributed by atoms with Gasteiger partial charge in [0, 0.05) is 34.1 Å². The van der Waals surface area contributed by atoms with E-state index in [-0.39, 0.29) is 23.2 Å². The number of hydrogen-bond acceptors (Lipinski definition) is 8. The number of hydrogen-bond donors (Lipinski definition) is 1. The van der Waals surface area contributed by atoms with Crippen molar-refractivity contribution < 1.29 is 19.2 Å². The second-order valence-corrected chi connectivity index (χ2v) is 9.96. The molecule has 1 aromatic heterocycles. The molecule has 8 nitrogen and oxygen atoms in total. The lowest BCUT2D eigenvalue weighted by molar-refractivity contribution is -0.384. The van der Waals surface area contributed by atoms with Crippen LogP contribution in [0.2, 0.25) is 0 Å². The maximum absolute atomic E-state index is 12.7. The number of nitro benzene ring substituents is 1. The normalized spacial score (nSPS) is 20.8. The SMILES string of the molecule is Cc1csc(Sc2ccc([N+](=O)[O-])cc2C(=O)OCC(=O)N[C@@H]2CCC[C@H](C)[C@@H]2C)n1. The van der Waals surface area contributed by atoms with Gasteiger partial charge in [0.25, 0.3) is 11.6 Å². The summed E-state index contributed by atoms with van der Waals surface area (Å²) in [5, 5.41) is 16.0. The monoisotopic (exact) mass is 463 g/mol. The average molecular weight is 464 g/mol. The summed E-state index contributed by atoms with van der Waals surface area (Å²) in [5.41, 5.74) is 0.669. The van der Waals surface area contributed by atoms with Crippen LogP contribution in [0.15, 0.2) is 32.8 Å². The van der Waals surface area contributed by atoms with Crippen LogP contribution in [0.1, 0.15) is 49.2 Å². The Bertz CT molecular complexity index is 978. The number of carbonyl (C=O) groups excluding carboxylic acids is 2. The average Bonchev–Trinajstić information content (AvgIpc) is 3.14. The third kappa shape index (κ3) is 6.04. The van der Waals surface area contributed by atoms with Crippen molar-refractivity contribution in [2.45, 2.75) is 55.3 Å². The van der Waals surface area contributed by atoms with E-state index in [1.54, 1.807) is 0 Å².